The molecule has 0 radical (unpaired) electrons. The van der Waals surface area contributed by atoms with Crippen LogP contribution in [0.15, 0.2) is 29.0 Å². The largest absolute Gasteiger partial charge is 0.619 e. The molecule has 1 aromatic carbocycles. The molecule has 4 heteroatoms. The normalized spacial score (nSPS) is 10.6. The van der Waals surface area contributed by atoms with Crippen molar-refractivity contribution >= 4 is 26.7 Å². The van der Waals surface area contributed by atoms with Gasteiger partial charge in [0.05, 0.1) is 17.0 Å². The molecule has 1 heterocycles. The topological polar surface area (TPSA) is 36.2 Å². The van der Waals surface area contributed by atoms with Crippen LogP contribution in [0.2, 0.25) is 0 Å². The van der Waals surface area contributed by atoms with Crippen LogP contribution in [0.25, 0.3) is 10.8 Å². The van der Waals surface area contributed by atoms with E-state index in [1.54, 1.807) is 7.11 Å². The molecule has 0 aliphatic carbocycles. The van der Waals surface area contributed by atoms with Gasteiger partial charge in [0.15, 0.2) is 12.4 Å². The van der Waals surface area contributed by atoms with Crippen molar-refractivity contribution in [2.75, 3.05) is 7.11 Å². The lowest BCUT2D eigenvalue weighted by molar-refractivity contribution is -0.604. The minimum atomic E-state index is 0.718. The predicted molar refractivity (Wildman–Crippen MR) is 61.9 cm³/mol. The van der Waals surface area contributed by atoms with E-state index >= 15 is 0 Å². The maximum atomic E-state index is 11.3. The molecular weight excluding hydrogens is 258 g/mol. The SMILES string of the molecule is COc1cc(C)cc2c(Br)c[n+]([O-])cc12. The van der Waals surface area contributed by atoms with Crippen molar-refractivity contribution in [1.82, 2.24) is 0 Å². The quantitative estimate of drug-likeness (QED) is 0.588. The van der Waals surface area contributed by atoms with E-state index in [9.17, 15) is 5.21 Å². The maximum Gasteiger partial charge on any atom is 0.195 e. The van der Waals surface area contributed by atoms with E-state index in [-0.39, 0.29) is 0 Å². The van der Waals surface area contributed by atoms with E-state index < -0.39 is 0 Å². The molecule has 0 saturated heterocycles. The first-order valence-corrected chi connectivity index (χ1v) is 5.28. The zero-order chi connectivity index (χ0) is 11.0. The monoisotopic (exact) mass is 267 g/mol. The van der Waals surface area contributed by atoms with Gasteiger partial charge in [0.1, 0.15) is 5.75 Å². The molecule has 0 aliphatic rings. The van der Waals surface area contributed by atoms with Gasteiger partial charge in [-0.3, -0.25) is 0 Å². The zero-order valence-corrected chi connectivity index (χ0v) is 10.0. The Balaban J connectivity index is 2.89. The van der Waals surface area contributed by atoms with Gasteiger partial charge in [-0.2, -0.15) is 4.73 Å². The minimum absolute atomic E-state index is 0.718. The van der Waals surface area contributed by atoms with Gasteiger partial charge in [-0.05, 0) is 40.5 Å². The first-order valence-electron chi connectivity index (χ1n) is 4.48. The predicted octanol–water partition coefficient (Wildman–Crippen LogP) is 2.55. The second-order valence-corrected chi connectivity index (χ2v) is 4.25. The molecule has 15 heavy (non-hydrogen) atoms. The number of nitrogens with zero attached hydrogens (tertiary/aromatic N) is 1. The van der Waals surface area contributed by atoms with Crippen LogP contribution in [-0.4, -0.2) is 7.11 Å². The van der Waals surface area contributed by atoms with Crippen molar-refractivity contribution in [2.24, 2.45) is 0 Å². The van der Waals surface area contributed by atoms with Crippen LogP contribution in [-0.2, 0) is 0 Å². The van der Waals surface area contributed by atoms with Crippen molar-refractivity contribution in [2.45, 2.75) is 6.92 Å². The highest BCUT2D eigenvalue weighted by Gasteiger charge is 2.10. The van der Waals surface area contributed by atoms with Crippen molar-refractivity contribution in [1.29, 1.82) is 0 Å². The number of pyridine rings is 1. The Morgan fingerprint density at radius 1 is 1.27 bits per heavy atom. The van der Waals surface area contributed by atoms with Crippen molar-refractivity contribution in [3.63, 3.8) is 0 Å². The fourth-order valence-electron chi connectivity index (χ4n) is 1.61. The maximum absolute atomic E-state index is 11.3. The Hall–Kier alpha value is -1.29. The molecule has 78 valence electrons. The first kappa shape index (κ1) is 10.2. The number of aromatic nitrogens is 1. The van der Waals surface area contributed by atoms with Gasteiger partial charge in [-0.15, -0.1) is 0 Å². The molecule has 0 fully saturated rings. The number of hydrogen-bond acceptors (Lipinski definition) is 2. The van der Waals surface area contributed by atoms with E-state index in [0.29, 0.717) is 0 Å². The third kappa shape index (κ3) is 1.77. The smallest absolute Gasteiger partial charge is 0.195 e. The average Bonchev–Trinajstić information content (AvgIpc) is 2.18. The fourth-order valence-corrected chi connectivity index (χ4v) is 2.14. The van der Waals surface area contributed by atoms with Crippen LogP contribution in [0.3, 0.4) is 0 Å². The van der Waals surface area contributed by atoms with Crippen molar-refractivity contribution < 1.29 is 9.47 Å². The number of rotatable bonds is 1. The summed E-state index contributed by atoms with van der Waals surface area (Å²) in [5, 5.41) is 13.1. The third-order valence-electron chi connectivity index (χ3n) is 2.26. The third-order valence-corrected chi connectivity index (χ3v) is 2.89. The molecule has 0 bridgehead atoms. The Morgan fingerprint density at radius 3 is 2.67 bits per heavy atom. The number of methoxy groups -OCH3 is 1. The molecule has 0 N–H and O–H groups in total. The molecule has 0 saturated carbocycles. The lowest BCUT2D eigenvalue weighted by atomic mass is 10.1. The lowest BCUT2D eigenvalue weighted by Gasteiger charge is -2.08. The van der Waals surface area contributed by atoms with E-state index in [4.69, 9.17) is 4.74 Å². The Morgan fingerprint density at radius 2 is 2.00 bits per heavy atom. The summed E-state index contributed by atoms with van der Waals surface area (Å²) in [6.45, 7) is 1.99. The second-order valence-electron chi connectivity index (χ2n) is 3.39. The summed E-state index contributed by atoms with van der Waals surface area (Å²) in [6.07, 6.45) is 3.00. The highest BCUT2D eigenvalue weighted by Crippen LogP contribution is 2.30. The molecular formula is C11H10BrNO2. The summed E-state index contributed by atoms with van der Waals surface area (Å²) >= 11 is 3.37. The molecule has 0 aliphatic heterocycles. The fraction of sp³-hybridized carbons (Fsp3) is 0.182. The summed E-state index contributed by atoms with van der Waals surface area (Å²) in [5.74, 6) is 0.718. The summed E-state index contributed by atoms with van der Waals surface area (Å²) in [6, 6.07) is 3.93. The summed E-state index contributed by atoms with van der Waals surface area (Å²) in [5.41, 5.74) is 1.10. The molecule has 0 atom stereocenters. The lowest BCUT2D eigenvalue weighted by Crippen LogP contribution is -2.24. The van der Waals surface area contributed by atoms with E-state index in [1.165, 1.54) is 12.4 Å². The number of hydrogen-bond donors (Lipinski definition) is 0. The second kappa shape index (κ2) is 3.70. The summed E-state index contributed by atoms with van der Waals surface area (Å²) in [7, 11) is 1.60. The highest BCUT2D eigenvalue weighted by atomic mass is 79.9. The molecule has 1 aromatic heterocycles. The summed E-state index contributed by atoms with van der Waals surface area (Å²) in [4.78, 5) is 0. The van der Waals surface area contributed by atoms with Crippen LogP contribution >= 0.6 is 15.9 Å². The number of fused-ring (bicyclic) bond motifs is 1. The Kier molecular flexibility index (Phi) is 2.52. The van der Waals surface area contributed by atoms with Gasteiger partial charge >= 0.3 is 0 Å². The van der Waals surface area contributed by atoms with Gasteiger partial charge in [0, 0.05) is 5.39 Å². The molecule has 3 nitrogen and oxygen atoms in total. The van der Waals surface area contributed by atoms with Crippen LogP contribution in [0, 0.1) is 12.1 Å². The van der Waals surface area contributed by atoms with Gasteiger partial charge in [0.2, 0.25) is 0 Å². The molecule has 2 rings (SSSR count). The van der Waals surface area contributed by atoms with E-state index in [1.807, 2.05) is 19.1 Å². The Labute approximate surface area is 96.0 Å². The first-order chi connectivity index (χ1) is 7.11. The summed E-state index contributed by atoms with van der Waals surface area (Å²) < 4.78 is 6.79. The van der Waals surface area contributed by atoms with E-state index in [2.05, 4.69) is 15.9 Å². The van der Waals surface area contributed by atoms with Crippen LogP contribution < -0.4 is 9.47 Å². The molecule has 0 unspecified atom stereocenters. The highest BCUT2D eigenvalue weighted by molar-refractivity contribution is 9.10. The van der Waals surface area contributed by atoms with E-state index in [0.717, 1.165) is 31.3 Å². The average molecular weight is 268 g/mol. The van der Waals surface area contributed by atoms with Crippen molar-refractivity contribution in [3.8, 4) is 5.75 Å². The standard InChI is InChI=1S/C11H10BrNO2/c1-7-3-8-9(11(4-7)15-2)5-13(14)6-10(8)12/h3-6H,1-2H3. The number of benzene rings is 1. The molecule has 0 amide bonds. The number of aryl methyl sites for hydroxylation is 1. The zero-order valence-electron chi connectivity index (χ0n) is 8.45. The Bertz CT molecular complexity index is 525. The van der Waals surface area contributed by atoms with Crippen LogP contribution in [0.5, 0.6) is 5.75 Å². The molecule has 0 spiro atoms. The van der Waals surface area contributed by atoms with Gasteiger partial charge < -0.3 is 9.94 Å². The van der Waals surface area contributed by atoms with Crippen LogP contribution in [0.4, 0.5) is 0 Å². The minimum Gasteiger partial charge on any atom is -0.619 e. The van der Waals surface area contributed by atoms with Gasteiger partial charge in [0.25, 0.3) is 0 Å². The van der Waals surface area contributed by atoms with Gasteiger partial charge in [-0.1, -0.05) is 0 Å². The number of ether oxygens (including phenoxy) is 1. The van der Waals surface area contributed by atoms with Crippen LogP contribution in [0.1, 0.15) is 5.56 Å². The van der Waals surface area contributed by atoms with Gasteiger partial charge in [-0.25, -0.2) is 0 Å². The molecule has 2 aromatic rings. The number of halogens is 1. The van der Waals surface area contributed by atoms with Crippen molar-refractivity contribution in [3.05, 3.63) is 39.8 Å².